The number of nitrogens with zero attached hydrogens (tertiary/aromatic N) is 2. The van der Waals surface area contributed by atoms with Gasteiger partial charge >= 0.3 is 0 Å². The SMILES string of the molecule is N#Cc1c(-c2cccc(-c3cccc(Cl)c3)c2)cc(-c2ccccc2)nc1N. The molecule has 3 nitrogen and oxygen atoms in total. The molecule has 4 rings (SSSR count). The smallest absolute Gasteiger partial charge is 0.142 e. The van der Waals surface area contributed by atoms with Crippen molar-refractivity contribution >= 4 is 17.4 Å². The molecule has 4 aromatic rings. The number of nitrogen functional groups attached to an aromatic ring is 1. The number of nitriles is 1. The maximum atomic E-state index is 9.66. The lowest BCUT2D eigenvalue weighted by atomic mass is 9.95. The summed E-state index contributed by atoms with van der Waals surface area (Å²) in [5, 5.41) is 10.3. The van der Waals surface area contributed by atoms with Crippen LogP contribution in [0.1, 0.15) is 5.56 Å². The number of halogens is 1. The summed E-state index contributed by atoms with van der Waals surface area (Å²) in [6.07, 6.45) is 0. The lowest BCUT2D eigenvalue weighted by Gasteiger charge is -2.12. The summed E-state index contributed by atoms with van der Waals surface area (Å²) in [5.74, 6) is 0.229. The molecule has 0 amide bonds. The normalized spacial score (nSPS) is 10.4. The van der Waals surface area contributed by atoms with Gasteiger partial charge in [-0.1, -0.05) is 72.3 Å². The summed E-state index contributed by atoms with van der Waals surface area (Å²) in [5.41, 5.74) is 11.9. The van der Waals surface area contributed by atoms with E-state index in [2.05, 4.69) is 11.1 Å². The Labute approximate surface area is 168 Å². The van der Waals surface area contributed by atoms with E-state index in [-0.39, 0.29) is 5.82 Å². The Bertz CT molecular complexity index is 1190. The van der Waals surface area contributed by atoms with E-state index < -0.39 is 0 Å². The van der Waals surface area contributed by atoms with Crippen LogP contribution in [0.2, 0.25) is 5.02 Å². The van der Waals surface area contributed by atoms with Crippen LogP contribution in [0.4, 0.5) is 5.82 Å². The Balaban J connectivity index is 1.88. The summed E-state index contributed by atoms with van der Waals surface area (Å²) >= 11 is 6.14. The molecule has 0 fully saturated rings. The van der Waals surface area contributed by atoms with Crippen LogP contribution in [0, 0.1) is 11.3 Å². The van der Waals surface area contributed by atoms with E-state index in [0.29, 0.717) is 10.6 Å². The van der Waals surface area contributed by atoms with Crippen LogP contribution in [0.15, 0.2) is 84.9 Å². The van der Waals surface area contributed by atoms with Crippen LogP contribution >= 0.6 is 11.6 Å². The van der Waals surface area contributed by atoms with Crippen LogP contribution in [-0.4, -0.2) is 4.98 Å². The van der Waals surface area contributed by atoms with Gasteiger partial charge in [-0.2, -0.15) is 5.26 Å². The fourth-order valence-electron chi connectivity index (χ4n) is 3.20. The molecule has 2 N–H and O–H groups in total. The molecule has 3 aromatic carbocycles. The summed E-state index contributed by atoms with van der Waals surface area (Å²) in [7, 11) is 0. The number of hydrogen-bond donors (Lipinski definition) is 1. The average Bonchev–Trinajstić information content (AvgIpc) is 2.74. The Morgan fingerprint density at radius 3 is 2.11 bits per heavy atom. The lowest BCUT2D eigenvalue weighted by Crippen LogP contribution is -1.99. The van der Waals surface area contributed by atoms with E-state index in [0.717, 1.165) is 33.5 Å². The largest absolute Gasteiger partial charge is 0.383 e. The molecule has 0 atom stereocenters. The van der Waals surface area contributed by atoms with Crippen LogP contribution in [0.3, 0.4) is 0 Å². The number of pyridine rings is 1. The van der Waals surface area contributed by atoms with Crippen molar-refractivity contribution in [2.45, 2.75) is 0 Å². The molecule has 0 aliphatic heterocycles. The molecule has 0 spiro atoms. The van der Waals surface area contributed by atoms with E-state index in [4.69, 9.17) is 17.3 Å². The molecule has 4 heteroatoms. The monoisotopic (exact) mass is 381 g/mol. The molecule has 0 bridgehead atoms. The highest BCUT2D eigenvalue weighted by Gasteiger charge is 2.14. The fourth-order valence-corrected chi connectivity index (χ4v) is 3.39. The van der Waals surface area contributed by atoms with Crippen molar-refractivity contribution in [2.75, 3.05) is 5.73 Å². The highest BCUT2D eigenvalue weighted by molar-refractivity contribution is 6.30. The van der Waals surface area contributed by atoms with Crippen molar-refractivity contribution in [1.82, 2.24) is 4.98 Å². The molecular weight excluding hydrogens is 366 g/mol. The minimum Gasteiger partial charge on any atom is -0.383 e. The number of nitrogens with two attached hydrogens (primary N) is 1. The maximum Gasteiger partial charge on any atom is 0.142 e. The molecule has 0 saturated heterocycles. The van der Waals surface area contributed by atoms with Crippen LogP contribution in [0.5, 0.6) is 0 Å². The van der Waals surface area contributed by atoms with E-state index in [9.17, 15) is 5.26 Å². The van der Waals surface area contributed by atoms with Gasteiger partial charge in [-0.25, -0.2) is 4.98 Å². The fraction of sp³-hybridized carbons (Fsp3) is 0. The summed E-state index contributed by atoms with van der Waals surface area (Å²) in [6, 6.07) is 29.6. The highest BCUT2D eigenvalue weighted by Crippen LogP contribution is 2.33. The van der Waals surface area contributed by atoms with Crippen LogP contribution in [0.25, 0.3) is 33.5 Å². The molecule has 0 radical (unpaired) electrons. The van der Waals surface area contributed by atoms with Crippen LogP contribution < -0.4 is 5.73 Å². The predicted molar refractivity (Wildman–Crippen MR) is 115 cm³/mol. The third-order valence-electron chi connectivity index (χ3n) is 4.56. The van der Waals surface area contributed by atoms with E-state index in [1.165, 1.54) is 0 Å². The number of rotatable bonds is 3. The zero-order valence-corrected chi connectivity index (χ0v) is 15.7. The number of anilines is 1. The van der Waals surface area contributed by atoms with E-state index >= 15 is 0 Å². The predicted octanol–water partition coefficient (Wildman–Crippen LogP) is 6.19. The minimum absolute atomic E-state index is 0.229. The zero-order chi connectivity index (χ0) is 19.5. The maximum absolute atomic E-state index is 9.66. The molecule has 0 saturated carbocycles. The zero-order valence-electron chi connectivity index (χ0n) is 14.9. The standard InChI is InChI=1S/C24H16ClN3/c25-20-11-5-9-18(13-20)17-8-4-10-19(12-17)21-14-23(16-6-2-1-3-7-16)28-24(27)22(21)15-26/h1-14H,(H2,27,28). The Kier molecular flexibility index (Phi) is 4.80. The van der Waals surface area contributed by atoms with Crippen molar-refractivity contribution in [3.05, 3.63) is 95.5 Å². The topological polar surface area (TPSA) is 62.7 Å². The third kappa shape index (κ3) is 3.46. The number of hydrogen-bond acceptors (Lipinski definition) is 3. The second-order valence-corrected chi connectivity index (χ2v) is 6.82. The van der Waals surface area contributed by atoms with Crippen LogP contribution in [-0.2, 0) is 0 Å². The molecule has 0 unspecified atom stereocenters. The first-order chi connectivity index (χ1) is 13.7. The molecular formula is C24H16ClN3. The van der Waals surface area contributed by atoms with Gasteiger partial charge in [-0.05, 0) is 41.0 Å². The Hall–Kier alpha value is -3.61. The van der Waals surface area contributed by atoms with E-state index in [1.54, 1.807) is 0 Å². The molecule has 0 aliphatic rings. The molecule has 0 aliphatic carbocycles. The minimum atomic E-state index is 0.229. The van der Waals surface area contributed by atoms with Gasteiger partial charge in [-0.15, -0.1) is 0 Å². The van der Waals surface area contributed by atoms with Gasteiger partial charge in [-0.3, -0.25) is 0 Å². The van der Waals surface area contributed by atoms with Crippen molar-refractivity contribution in [3.8, 4) is 39.6 Å². The van der Waals surface area contributed by atoms with Crippen molar-refractivity contribution in [2.24, 2.45) is 0 Å². The van der Waals surface area contributed by atoms with E-state index in [1.807, 2.05) is 84.9 Å². The van der Waals surface area contributed by atoms with Gasteiger partial charge in [0.05, 0.1) is 5.69 Å². The Morgan fingerprint density at radius 1 is 0.750 bits per heavy atom. The molecule has 134 valence electrons. The average molecular weight is 382 g/mol. The first-order valence-electron chi connectivity index (χ1n) is 8.78. The second kappa shape index (κ2) is 7.56. The van der Waals surface area contributed by atoms with Gasteiger partial charge in [0, 0.05) is 16.1 Å². The number of benzene rings is 3. The van der Waals surface area contributed by atoms with Gasteiger partial charge in [0.15, 0.2) is 0 Å². The van der Waals surface area contributed by atoms with Gasteiger partial charge in [0.2, 0.25) is 0 Å². The summed E-state index contributed by atoms with van der Waals surface area (Å²) in [4.78, 5) is 4.43. The quantitative estimate of drug-likeness (QED) is 0.460. The molecule has 1 aromatic heterocycles. The molecule has 1 heterocycles. The van der Waals surface area contributed by atoms with Crippen molar-refractivity contribution in [3.63, 3.8) is 0 Å². The number of aromatic nitrogens is 1. The first-order valence-corrected chi connectivity index (χ1v) is 9.16. The van der Waals surface area contributed by atoms with Gasteiger partial charge < -0.3 is 5.73 Å². The van der Waals surface area contributed by atoms with Gasteiger partial charge in [0.25, 0.3) is 0 Å². The second-order valence-electron chi connectivity index (χ2n) is 6.38. The Morgan fingerprint density at radius 2 is 1.39 bits per heavy atom. The van der Waals surface area contributed by atoms with Gasteiger partial charge in [0.1, 0.15) is 17.5 Å². The first kappa shape index (κ1) is 17.8. The summed E-state index contributed by atoms with van der Waals surface area (Å²) in [6.45, 7) is 0. The lowest BCUT2D eigenvalue weighted by molar-refractivity contribution is 1.31. The highest BCUT2D eigenvalue weighted by atomic mass is 35.5. The summed E-state index contributed by atoms with van der Waals surface area (Å²) < 4.78 is 0. The third-order valence-corrected chi connectivity index (χ3v) is 4.80. The van der Waals surface area contributed by atoms with Crippen molar-refractivity contribution < 1.29 is 0 Å². The molecule has 28 heavy (non-hydrogen) atoms. The van der Waals surface area contributed by atoms with Crippen molar-refractivity contribution in [1.29, 1.82) is 5.26 Å².